The van der Waals surface area contributed by atoms with Gasteiger partial charge in [0.25, 0.3) is 0 Å². The third-order valence-corrected chi connectivity index (χ3v) is 4.03. The van der Waals surface area contributed by atoms with Crippen LogP contribution in [0.4, 0.5) is 4.79 Å². The van der Waals surface area contributed by atoms with E-state index in [4.69, 9.17) is 15.1 Å². The second-order valence-electron chi connectivity index (χ2n) is 5.79. The van der Waals surface area contributed by atoms with Gasteiger partial charge in [-0.25, -0.2) is 9.78 Å². The molecule has 1 fully saturated rings. The maximum absolute atomic E-state index is 10.9. The highest BCUT2D eigenvalue weighted by molar-refractivity contribution is 5.65. The normalized spacial score (nSPS) is 14.8. The lowest BCUT2D eigenvalue weighted by molar-refractivity contribution is 0.103. The van der Waals surface area contributed by atoms with Gasteiger partial charge in [0, 0.05) is 45.0 Å². The van der Waals surface area contributed by atoms with Gasteiger partial charge in [-0.3, -0.25) is 4.90 Å². The average Bonchev–Trinajstić information content (AvgIpc) is 2.62. The number of hydrogen-bond donors (Lipinski definition) is 1. The van der Waals surface area contributed by atoms with Gasteiger partial charge in [0.15, 0.2) is 0 Å². The van der Waals surface area contributed by atoms with Crippen molar-refractivity contribution in [1.29, 1.82) is 5.26 Å². The summed E-state index contributed by atoms with van der Waals surface area (Å²) in [5.41, 5.74) is 1.58. The van der Waals surface area contributed by atoms with Gasteiger partial charge >= 0.3 is 6.09 Å². The quantitative estimate of drug-likeness (QED) is 0.921. The Bertz CT molecular complexity index is 795. The lowest BCUT2D eigenvalue weighted by atomic mass is 10.2. The fourth-order valence-electron chi connectivity index (χ4n) is 2.72. The summed E-state index contributed by atoms with van der Waals surface area (Å²) in [6.07, 6.45) is 0.682. The molecule has 0 bridgehead atoms. The van der Waals surface area contributed by atoms with E-state index < -0.39 is 6.09 Å². The van der Waals surface area contributed by atoms with Gasteiger partial charge in [0.05, 0.1) is 11.6 Å². The number of hydrogen-bond acceptors (Lipinski definition) is 5. The first-order valence-electron chi connectivity index (χ1n) is 7.97. The van der Waals surface area contributed by atoms with Gasteiger partial charge in [-0.15, -0.1) is 0 Å². The molecule has 7 nitrogen and oxygen atoms in total. The summed E-state index contributed by atoms with van der Waals surface area (Å²) >= 11 is 0. The molecule has 0 unspecified atom stereocenters. The monoisotopic (exact) mass is 338 g/mol. The number of amides is 1. The van der Waals surface area contributed by atoms with E-state index in [0.29, 0.717) is 43.4 Å². The van der Waals surface area contributed by atoms with Crippen LogP contribution >= 0.6 is 0 Å². The fraction of sp³-hybridized carbons (Fsp3) is 0.278. The van der Waals surface area contributed by atoms with Gasteiger partial charge < -0.3 is 14.7 Å². The van der Waals surface area contributed by atoms with Crippen molar-refractivity contribution in [1.82, 2.24) is 14.8 Å². The molecule has 1 amide bonds. The molecule has 7 heteroatoms. The molecule has 2 heterocycles. The van der Waals surface area contributed by atoms with Crippen molar-refractivity contribution >= 4 is 6.09 Å². The minimum absolute atomic E-state index is 0.381. The molecule has 1 aromatic heterocycles. The van der Waals surface area contributed by atoms with Crippen LogP contribution < -0.4 is 4.74 Å². The van der Waals surface area contributed by atoms with Crippen molar-refractivity contribution in [2.24, 2.45) is 0 Å². The van der Waals surface area contributed by atoms with Crippen molar-refractivity contribution in [2.45, 2.75) is 6.54 Å². The molecule has 0 saturated carbocycles. The van der Waals surface area contributed by atoms with Crippen LogP contribution in [0.2, 0.25) is 0 Å². The molecule has 1 aliphatic rings. The molecular weight excluding hydrogens is 320 g/mol. The second-order valence-corrected chi connectivity index (χ2v) is 5.79. The minimum Gasteiger partial charge on any atom is -0.465 e. The lowest BCUT2D eigenvalue weighted by Crippen LogP contribution is -2.47. The molecule has 1 aliphatic heterocycles. The third-order valence-electron chi connectivity index (χ3n) is 4.03. The van der Waals surface area contributed by atoms with E-state index in [1.807, 2.05) is 24.3 Å². The highest BCUT2D eigenvalue weighted by Gasteiger charge is 2.20. The molecule has 0 spiro atoms. The van der Waals surface area contributed by atoms with Gasteiger partial charge in [0.1, 0.15) is 5.75 Å². The number of carbonyl (C=O) groups is 1. The molecule has 1 saturated heterocycles. The van der Waals surface area contributed by atoms with E-state index >= 15 is 0 Å². The Balaban J connectivity index is 1.62. The van der Waals surface area contributed by atoms with Crippen LogP contribution in [-0.2, 0) is 6.54 Å². The number of nitrogens with zero attached hydrogens (tertiary/aromatic N) is 4. The van der Waals surface area contributed by atoms with Crippen LogP contribution in [0.15, 0.2) is 42.6 Å². The summed E-state index contributed by atoms with van der Waals surface area (Å²) in [4.78, 5) is 18.7. The first kappa shape index (κ1) is 16.7. The third kappa shape index (κ3) is 4.46. The standard InChI is InChI=1S/C18H18N4O3/c19-12-14-4-5-20-17(11-14)25-16-3-1-2-15(10-16)13-21-6-8-22(9-7-21)18(23)24/h1-5,10-11H,6-9,13H2,(H,23,24). The minimum atomic E-state index is -0.859. The Morgan fingerprint density at radius 1 is 1.24 bits per heavy atom. The van der Waals surface area contributed by atoms with Crippen molar-refractivity contribution in [2.75, 3.05) is 26.2 Å². The van der Waals surface area contributed by atoms with Gasteiger partial charge in [0.2, 0.25) is 5.88 Å². The molecule has 1 N–H and O–H groups in total. The van der Waals surface area contributed by atoms with Gasteiger partial charge in [-0.1, -0.05) is 12.1 Å². The van der Waals surface area contributed by atoms with Crippen molar-refractivity contribution in [3.05, 3.63) is 53.7 Å². The van der Waals surface area contributed by atoms with E-state index in [9.17, 15) is 4.79 Å². The van der Waals surface area contributed by atoms with Crippen LogP contribution in [0.5, 0.6) is 11.6 Å². The fourth-order valence-corrected chi connectivity index (χ4v) is 2.72. The predicted octanol–water partition coefficient (Wildman–Crippen LogP) is 2.54. The molecule has 3 rings (SSSR count). The van der Waals surface area contributed by atoms with Crippen molar-refractivity contribution < 1.29 is 14.6 Å². The Morgan fingerprint density at radius 3 is 2.76 bits per heavy atom. The predicted molar refractivity (Wildman–Crippen MR) is 90.3 cm³/mol. The molecule has 0 aliphatic carbocycles. The topological polar surface area (TPSA) is 89.7 Å². The largest absolute Gasteiger partial charge is 0.465 e. The number of pyridine rings is 1. The van der Waals surface area contributed by atoms with E-state index in [2.05, 4.69) is 16.0 Å². The number of aromatic nitrogens is 1. The highest BCUT2D eigenvalue weighted by atomic mass is 16.5. The summed E-state index contributed by atoms with van der Waals surface area (Å²) in [5.74, 6) is 1.04. The highest BCUT2D eigenvalue weighted by Crippen LogP contribution is 2.22. The molecule has 1 aromatic carbocycles. The van der Waals surface area contributed by atoms with E-state index in [0.717, 1.165) is 12.1 Å². The number of piperazine rings is 1. The summed E-state index contributed by atoms with van der Waals surface area (Å²) in [5, 5.41) is 17.9. The maximum Gasteiger partial charge on any atom is 0.407 e. The zero-order valence-electron chi connectivity index (χ0n) is 13.6. The summed E-state index contributed by atoms with van der Waals surface area (Å²) in [6, 6.07) is 13.0. The first-order chi connectivity index (χ1) is 12.1. The van der Waals surface area contributed by atoms with Crippen LogP contribution in [0.1, 0.15) is 11.1 Å². The Kier molecular flexibility index (Phi) is 5.11. The van der Waals surface area contributed by atoms with Gasteiger partial charge in [-0.2, -0.15) is 5.26 Å². The molecule has 128 valence electrons. The molecule has 0 radical (unpaired) electrons. The van der Waals surface area contributed by atoms with E-state index in [1.54, 1.807) is 18.3 Å². The summed E-state index contributed by atoms with van der Waals surface area (Å²) in [7, 11) is 0. The Hall–Kier alpha value is -3.11. The van der Waals surface area contributed by atoms with Crippen LogP contribution in [0.25, 0.3) is 0 Å². The average molecular weight is 338 g/mol. The second kappa shape index (κ2) is 7.64. The molecule has 25 heavy (non-hydrogen) atoms. The molecule has 0 atom stereocenters. The Morgan fingerprint density at radius 2 is 2.04 bits per heavy atom. The zero-order valence-corrected chi connectivity index (χ0v) is 13.6. The van der Waals surface area contributed by atoms with Crippen molar-refractivity contribution in [3.63, 3.8) is 0 Å². The number of benzene rings is 1. The Labute approximate surface area is 145 Å². The smallest absolute Gasteiger partial charge is 0.407 e. The van der Waals surface area contributed by atoms with Crippen LogP contribution in [0.3, 0.4) is 0 Å². The lowest BCUT2D eigenvalue weighted by Gasteiger charge is -2.33. The van der Waals surface area contributed by atoms with Crippen LogP contribution in [0, 0.1) is 11.3 Å². The SMILES string of the molecule is N#Cc1ccnc(Oc2cccc(CN3CCN(C(=O)O)CC3)c2)c1. The van der Waals surface area contributed by atoms with Crippen molar-refractivity contribution in [3.8, 4) is 17.7 Å². The zero-order chi connectivity index (χ0) is 17.6. The summed E-state index contributed by atoms with van der Waals surface area (Å²) in [6.45, 7) is 3.20. The molecular formula is C18H18N4O3. The van der Waals surface area contributed by atoms with E-state index in [-0.39, 0.29) is 0 Å². The number of nitriles is 1. The van der Waals surface area contributed by atoms with Gasteiger partial charge in [-0.05, 0) is 23.8 Å². The molecule has 2 aromatic rings. The van der Waals surface area contributed by atoms with Crippen LogP contribution in [-0.4, -0.2) is 52.2 Å². The number of ether oxygens (including phenoxy) is 1. The summed E-state index contributed by atoms with van der Waals surface area (Å²) < 4.78 is 5.73. The first-order valence-corrected chi connectivity index (χ1v) is 7.97. The maximum atomic E-state index is 10.9. The number of rotatable bonds is 4. The number of carboxylic acid groups (broad SMARTS) is 1. The van der Waals surface area contributed by atoms with E-state index in [1.165, 1.54) is 4.90 Å².